The van der Waals surface area contributed by atoms with Gasteiger partial charge < -0.3 is 5.73 Å². The van der Waals surface area contributed by atoms with Crippen molar-refractivity contribution in [2.45, 2.75) is 11.4 Å². The van der Waals surface area contributed by atoms with Crippen LogP contribution in [0.25, 0.3) is 0 Å². The molecule has 106 valence electrons. The Bertz CT molecular complexity index is 735. The van der Waals surface area contributed by atoms with Gasteiger partial charge in [0.15, 0.2) is 0 Å². The first-order chi connectivity index (χ1) is 9.38. The molecule has 3 N–H and O–H groups in total. The van der Waals surface area contributed by atoms with E-state index in [0.717, 1.165) is 0 Å². The van der Waals surface area contributed by atoms with Crippen molar-refractivity contribution in [2.24, 2.45) is 0 Å². The second-order valence-corrected chi connectivity index (χ2v) is 6.29. The van der Waals surface area contributed by atoms with Crippen LogP contribution < -0.4 is 10.5 Å². The molecule has 0 radical (unpaired) electrons. The van der Waals surface area contributed by atoms with Crippen LogP contribution in [0.2, 0.25) is 5.02 Å². The van der Waals surface area contributed by atoms with Gasteiger partial charge >= 0.3 is 0 Å². The highest BCUT2D eigenvalue weighted by Gasteiger charge is 2.17. The fourth-order valence-electron chi connectivity index (χ4n) is 1.63. The molecular formula is C13H12ClFN2O2S. The van der Waals surface area contributed by atoms with Crippen LogP contribution in [0, 0.1) is 5.82 Å². The maximum atomic E-state index is 13.0. The van der Waals surface area contributed by atoms with Gasteiger partial charge in [-0.25, -0.2) is 17.5 Å². The van der Waals surface area contributed by atoms with Crippen LogP contribution in [0.1, 0.15) is 5.56 Å². The number of nitrogen functional groups attached to an aromatic ring is 1. The Balaban J connectivity index is 2.21. The first kappa shape index (κ1) is 14.8. The van der Waals surface area contributed by atoms with Gasteiger partial charge in [-0.15, -0.1) is 0 Å². The molecule has 4 nitrogen and oxygen atoms in total. The summed E-state index contributed by atoms with van der Waals surface area (Å²) in [6.45, 7) is -0.0365. The van der Waals surface area contributed by atoms with E-state index in [4.69, 9.17) is 17.3 Å². The van der Waals surface area contributed by atoms with Crippen LogP contribution >= 0.6 is 11.6 Å². The van der Waals surface area contributed by atoms with E-state index in [1.165, 1.54) is 36.4 Å². The lowest BCUT2D eigenvalue weighted by molar-refractivity contribution is 0.580. The third-order valence-electron chi connectivity index (χ3n) is 2.60. The molecule has 0 aromatic heterocycles. The van der Waals surface area contributed by atoms with Crippen molar-refractivity contribution >= 4 is 27.3 Å². The van der Waals surface area contributed by atoms with Gasteiger partial charge in [0.25, 0.3) is 0 Å². The van der Waals surface area contributed by atoms with Crippen molar-refractivity contribution in [3.8, 4) is 0 Å². The molecule has 0 spiro atoms. The van der Waals surface area contributed by atoms with Crippen molar-refractivity contribution < 1.29 is 12.8 Å². The zero-order valence-electron chi connectivity index (χ0n) is 10.3. The van der Waals surface area contributed by atoms with Gasteiger partial charge in [0.1, 0.15) is 10.7 Å². The molecule has 0 amide bonds. The molecule has 0 aliphatic heterocycles. The summed E-state index contributed by atoms with van der Waals surface area (Å²) >= 11 is 5.85. The Hall–Kier alpha value is -1.63. The molecule has 2 aromatic rings. The average Bonchev–Trinajstić information content (AvgIpc) is 2.39. The summed E-state index contributed by atoms with van der Waals surface area (Å²) in [5.41, 5.74) is 6.35. The fourth-order valence-corrected chi connectivity index (χ4v) is 3.18. The highest BCUT2D eigenvalue weighted by Crippen LogP contribution is 2.23. The number of hydrogen-bond donors (Lipinski definition) is 2. The van der Waals surface area contributed by atoms with E-state index in [1.54, 1.807) is 6.07 Å². The summed E-state index contributed by atoms with van der Waals surface area (Å²) < 4.78 is 39.6. The summed E-state index contributed by atoms with van der Waals surface area (Å²) in [7, 11) is -3.81. The molecule has 0 unspecified atom stereocenters. The zero-order chi connectivity index (χ0) is 14.8. The van der Waals surface area contributed by atoms with Crippen molar-refractivity contribution in [3.05, 3.63) is 58.9 Å². The van der Waals surface area contributed by atoms with Crippen LogP contribution in [-0.4, -0.2) is 8.42 Å². The zero-order valence-corrected chi connectivity index (χ0v) is 11.9. The first-order valence-electron chi connectivity index (χ1n) is 5.67. The minimum Gasteiger partial charge on any atom is -0.399 e. The lowest BCUT2D eigenvalue weighted by Gasteiger charge is -2.09. The van der Waals surface area contributed by atoms with Crippen LogP contribution in [0.15, 0.2) is 47.4 Å². The van der Waals surface area contributed by atoms with Gasteiger partial charge in [-0.2, -0.15) is 0 Å². The smallest absolute Gasteiger partial charge is 0.242 e. The predicted octanol–water partition coefficient (Wildman–Crippen LogP) is 2.54. The van der Waals surface area contributed by atoms with Crippen LogP contribution in [0.3, 0.4) is 0 Å². The number of anilines is 1. The van der Waals surface area contributed by atoms with Gasteiger partial charge in [-0.1, -0.05) is 23.7 Å². The number of nitrogens with one attached hydrogen (secondary N) is 1. The molecule has 0 atom stereocenters. The molecule has 0 aliphatic carbocycles. The first-order valence-corrected chi connectivity index (χ1v) is 7.54. The normalized spacial score (nSPS) is 11.5. The summed E-state index contributed by atoms with van der Waals surface area (Å²) in [4.78, 5) is -0.101. The van der Waals surface area contributed by atoms with E-state index in [-0.39, 0.29) is 16.5 Å². The fraction of sp³-hybridized carbons (Fsp3) is 0.0769. The topological polar surface area (TPSA) is 72.2 Å². The summed E-state index contributed by atoms with van der Waals surface area (Å²) in [5.74, 6) is -0.427. The molecule has 2 aromatic carbocycles. The number of sulfonamides is 1. The lowest BCUT2D eigenvalue weighted by atomic mass is 10.2. The number of hydrogen-bond acceptors (Lipinski definition) is 3. The third kappa shape index (κ3) is 3.47. The second-order valence-electron chi connectivity index (χ2n) is 4.14. The van der Waals surface area contributed by atoms with E-state index in [1.807, 2.05) is 0 Å². The lowest BCUT2D eigenvalue weighted by Crippen LogP contribution is -2.23. The largest absolute Gasteiger partial charge is 0.399 e. The molecule has 0 fully saturated rings. The maximum absolute atomic E-state index is 13.0. The molecule has 7 heteroatoms. The van der Waals surface area contributed by atoms with Crippen LogP contribution in [0.5, 0.6) is 0 Å². The molecule has 2 rings (SSSR count). The average molecular weight is 315 g/mol. The molecule has 20 heavy (non-hydrogen) atoms. The van der Waals surface area contributed by atoms with Gasteiger partial charge in [-0.3, -0.25) is 0 Å². The predicted molar refractivity (Wildman–Crippen MR) is 76.3 cm³/mol. The molecular weight excluding hydrogens is 303 g/mol. The molecule has 0 aliphatic rings. The number of nitrogens with two attached hydrogens (primary N) is 1. The number of benzene rings is 2. The minimum absolute atomic E-state index is 0.0365. The van der Waals surface area contributed by atoms with E-state index in [0.29, 0.717) is 11.3 Å². The van der Waals surface area contributed by atoms with E-state index in [2.05, 4.69) is 4.72 Å². The Morgan fingerprint density at radius 1 is 1.20 bits per heavy atom. The molecule has 0 heterocycles. The number of rotatable bonds is 4. The van der Waals surface area contributed by atoms with Crippen LogP contribution in [0.4, 0.5) is 10.1 Å². The van der Waals surface area contributed by atoms with Gasteiger partial charge in [0.05, 0.1) is 5.02 Å². The number of halogens is 2. The summed E-state index contributed by atoms with van der Waals surface area (Å²) in [5, 5.41) is 0.0749. The minimum atomic E-state index is -3.81. The molecule has 0 bridgehead atoms. The Morgan fingerprint density at radius 3 is 2.65 bits per heavy atom. The highest BCUT2D eigenvalue weighted by molar-refractivity contribution is 7.89. The summed E-state index contributed by atoms with van der Waals surface area (Å²) in [6.07, 6.45) is 0. The van der Waals surface area contributed by atoms with E-state index in [9.17, 15) is 12.8 Å². The van der Waals surface area contributed by atoms with Crippen molar-refractivity contribution in [2.75, 3.05) is 5.73 Å². The van der Waals surface area contributed by atoms with Gasteiger partial charge in [0, 0.05) is 12.2 Å². The molecule has 0 saturated carbocycles. The third-order valence-corrected chi connectivity index (χ3v) is 4.48. The van der Waals surface area contributed by atoms with Gasteiger partial charge in [-0.05, 0) is 35.9 Å². The highest BCUT2D eigenvalue weighted by atomic mass is 35.5. The standard InChI is InChI=1S/C13H12ClFN2O2S/c14-12-5-4-11(16)7-13(12)20(18,19)17-8-9-2-1-3-10(15)6-9/h1-7,17H,8,16H2. The van der Waals surface area contributed by atoms with Gasteiger partial charge in [0.2, 0.25) is 10.0 Å². The van der Waals surface area contributed by atoms with E-state index < -0.39 is 15.8 Å². The van der Waals surface area contributed by atoms with Crippen molar-refractivity contribution in [1.82, 2.24) is 4.72 Å². The monoisotopic (exact) mass is 314 g/mol. The van der Waals surface area contributed by atoms with Crippen LogP contribution in [-0.2, 0) is 16.6 Å². The Kier molecular flexibility index (Phi) is 4.27. The second kappa shape index (κ2) is 5.78. The van der Waals surface area contributed by atoms with E-state index >= 15 is 0 Å². The summed E-state index contributed by atoms with van der Waals surface area (Å²) in [6, 6.07) is 9.85. The Labute approximate surface area is 121 Å². The quantitative estimate of drug-likeness (QED) is 0.852. The molecule has 0 saturated heterocycles. The maximum Gasteiger partial charge on any atom is 0.242 e. The van der Waals surface area contributed by atoms with Crippen molar-refractivity contribution in [1.29, 1.82) is 0 Å². The Morgan fingerprint density at radius 2 is 1.95 bits per heavy atom. The van der Waals surface area contributed by atoms with Crippen molar-refractivity contribution in [3.63, 3.8) is 0 Å². The SMILES string of the molecule is Nc1ccc(Cl)c(S(=O)(=O)NCc2cccc(F)c2)c1.